The van der Waals surface area contributed by atoms with Crippen molar-refractivity contribution in [3.63, 3.8) is 0 Å². The predicted molar refractivity (Wildman–Crippen MR) is 40.0 cm³/mol. The highest BCUT2D eigenvalue weighted by Crippen LogP contribution is 2.22. The maximum absolute atomic E-state index is 5.05. The van der Waals surface area contributed by atoms with Crippen LogP contribution in [0.4, 0.5) is 0 Å². The van der Waals surface area contributed by atoms with E-state index in [1.165, 1.54) is 11.3 Å². The first-order valence-electron chi connectivity index (χ1n) is 3.66. The molecular weight excluding hydrogens is 142 g/mol. The number of hydrogen-bond acceptors (Lipinski definition) is 3. The molecule has 2 N–H and O–H groups in total. The molecule has 0 radical (unpaired) electrons. The number of H-pyrrole nitrogens is 1. The molecule has 2 heterocycles. The average molecular weight is 153 g/mol. The number of rotatable bonds is 2. The van der Waals surface area contributed by atoms with Crippen LogP contribution in [-0.4, -0.2) is 23.9 Å². The second kappa shape index (κ2) is 2.64. The molecular formula is C7H11N3O. The van der Waals surface area contributed by atoms with Gasteiger partial charge in [0.1, 0.15) is 0 Å². The maximum Gasteiger partial charge on any atom is 0.0659 e. The van der Waals surface area contributed by atoms with E-state index in [2.05, 4.69) is 15.5 Å². The van der Waals surface area contributed by atoms with E-state index in [1.54, 1.807) is 7.11 Å². The van der Waals surface area contributed by atoms with Gasteiger partial charge in [0.05, 0.1) is 24.5 Å². The number of methoxy groups -OCH3 is 1. The highest BCUT2D eigenvalue weighted by atomic mass is 16.5. The van der Waals surface area contributed by atoms with Gasteiger partial charge in [0.15, 0.2) is 0 Å². The second-order valence-electron chi connectivity index (χ2n) is 2.69. The molecule has 0 spiro atoms. The monoisotopic (exact) mass is 153 g/mol. The molecule has 1 aromatic heterocycles. The molecule has 0 amide bonds. The first-order valence-corrected chi connectivity index (χ1v) is 3.66. The number of nitrogens with one attached hydrogen (secondary N) is 2. The van der Waals surface area contributed by atoms with Gasteiger partial charge in [0, 0.05) is 19.2 Å². The minimum atomic E-state index is 0.328. The van der Waals surface area contributed by atoms with E-state index < -0.39 is 0 Å². The van der Waals surface area contributed by atoms with Crippen molar-refractivity contribution < 1.29 is 4.74 Å². The summed E-state index contributed by atoms with van der Waals surface area (Å²) in [5.41, 5.74) is 2.43. The Morgan fingerprint density at radius 3 is 3.55 bits per heavy atom. The molecule has 0 bridgehead atoms. The molecule has 0 aliphatic carbocycles. The van der Waals surface area contributed by atoms with Crippen LogP contribution in [0.2, 0.25) is 0 Å². The Bertz CT molecular complexity index is 246. The van der Waals surface area contributed by atoms with Crippen LogP contribution in [0.5, 0.6) is 0 Å². The fourth-order valence-corrected chi connectivity index (χ4v) is 1.41. The zero-order valence-corrected chi connectivity index (χ0v) is 6.42. The summed E-state index contributed by atoms with van der Waals surface area (Å²) in [7, 11) is 1.71. The third-order valence-corrected chi connectivity index (χ3v) is 1.99. The van der Waals surface area contributed by atoms with Crippen LogP contribution in [0.3, 0.4) is 0 Å². The lowest BCUT2D eigenvalue weighted by Crippen LogP contribution is -2.17. The van der Waals surface area contributed by atoms with Crippen molar-refractivity contribution in [2.75, 3.05) is 13.7 Å². The van der Waals surface area contributed by atoms with Crippen LogP contribution >= 0.6 is 0 Å². The molecule has 0 saturated carbocycles. The van der Waals surface area contributed by atoms with Crippen LogP contribution in [0.15, 0.2) is 6.20 Å². The lowest BCUT2D eigenvalue weighted by molar-refractivity contribution is 0.171. The van der Waals surface area contributed by atoms with Gasteiger partial charge in [0.2, 0.25) is 0 Å². The standard InChI is InChI=1S/C7H11N3O/c1-11-4-7-5-2-9-10-6(5)3-8-7/h2,7-8H,3-4H2,1H3,(H,9,10)/t7-/m0/s1. The Kier molecular flexibility index (Phi) is 1.63. The lowest BCUT2D eigenvalue weighted by atomic mass is 10.2. The molecule has 0 aromatic carbocycles. The van der Waals surface area contributed by atoms with Gasteiger partial charge in [-0.05, 0) is 0 Å². The molecule has 11 heavy (non-hydrogen) atoms. The molecule has 0 fully saturated rings. The minimum Gasteiger partial charge on any atom is -0.383 e. The van der Waals surface area contributed by atoms with E-state index in [-0.39, 0.29) is 0 Å². The summed E-state index contributed by atoms with van der Waals surface area (Å²) in [5, 5.41) is 10.2. The summed E-state index contributed by atoms with van der Waals surface area (Å²) >= 11 is 0. The van der Waals surface area contributed by atoms with Crippen molar-refractivity contribution in [1.82, 2.24) is 15.5 Å². The summed E-state index contributed by atoms with van der Waals surface area (Å²) < 4.78 is 5.05. The van der Waals surface area contributed by atoms with E-state index >= 15 is 0 Å². The Balaban J connectivity index is 2.18. The highest BCUT2D eigenvalue weighted by molar-refractivity contribution is 5.25. The number of ether oxygens (including phenoxy) is 1. The average Bonchev–Trinajstić information content (AvgIpc) is 2.53. The van der Waals surface area contributed by atoms with Gasteiger partial charge in [-0.3, -0.25) is 5.10 Å². The smallest absolute Gasteiger partial charge is 0.0659 e. The Labute approximate surface area is 64.9 Å². The molecule has 1 aliphatic heterocycles. The van der Waals surface area contributed by atoms with Gasteiger partial charge in [-0.25, -0.2) is 0 Å². The summed E-state index contributed by atoms with van der Waals surface area (Å²) in [4.78, 5) is 0. The van der Waals surface area contributed by atoms with Crippen LogP contribution < -0.4 is 5.32 Å². The van der Waals surface area contributed by atoms with Gasteiger partial charge in [0.25, 0.3) is 0 Å². The topological polar surface area (TPSA) is 49.9 Å². The van der Waals surface area contributed by atoms with Crippen molar-refractivity contribution in [2.24, 2.45) is 0 Å². The predicted octanol–water partition coefficient (Wildman–Crippen LogP) is 0.200. The SMILES string of the molecule is COC[C@@H]1NCc2[nH]ncc21. The molecule has 60 valence electrons. The number of fused-ring (bicyclic) bond motifs is 1. The Morgan fingerprint density at radius 2 is 2.73 bits per heavy atom. The molecule has 0 saturated heterocycles. The summed E-state index contributed by atoms with van der Waals surface area (Å²) in [6.07, 6.45) is 1.86. The summed E-state index contributed by atoms with van der Waals surface area (Å²) in [6.45, 7) is 1.59. The minimum absolute atomic E-state index is 0.328. The Morgan fingerprint density at radius 1 is 1.82 bits per heavy atom. The van der Waals surface area contributed by atoms with Gasteiger partial charge in [-0.2, -0.15) is 5.10 Å². The van der Waals surface area contributed by atoms with Crippen molar-refractivity contribution >= 4 is 0 Å². The summed E-state index contributed by atoms with van der Waals surface area (Å²) in [6, 6.07) is 0.328. The molecule has 1 atom stereocenters. The fraction of sp³-hybridized carbons (Fsp3) is 0.571. The highest BCUT2D eigenvalue weighted by Gasteiger charge is 2.22. The zero-order valence-electron chi connectivity index (χ0n) is 6.42. The van der Waals surface area contributed by atoms with Crippen molar-refractivity contribution in [1.29, 1.82) is 0 Å². The first-order chi connectivity index (χ1) is 5.42. The maximum atomic E-state index is 5.05. The number of nitrogens with zero attached hydrogens (tertiary/aromatic N) is 1. The Hall–Kier alpha value is -0.870. The van der Waals surface area contributed by atoms with E-state index in [4.69, 9.17) is 4.74 Å². The summed E-state index contributed by atoms with van der Waals surface area (Å²) in [5.74, 6) is 0. The zero-order chi connectivity index (χ0) is 7.68. The first kappa shape index (κ1) is 6.82. The molecule has 0 unspecified atom stereocenters. The molecule has 4 heteroatoms. The van der Waals surface area contributed by atoms with Crippen LogP contribution in [0, 0.1) is 0 Å². The van der Waals surface area contributed by atoms with E-state index in [1.807, 2.05) is 6.20 Å². The van der Waals surface area contributed by atoms with Crippen molar-refractivity contribution in [3.05, 3.63) is 17.5 Å². The lowest BCUT2D eigenvalue weighted by Gasteiger charge is -2.07. The van der Waals surface area contributed by atoms with Crippen LogP contribution in [0.25, 0.3) is 0 Å². The van der Waals surface area contributed by atoms with Crippen molar-refractivity contribution in [3.8, 4) is 0 Å². The second-order valence-corrected chi connectivity index (χ2v) is 2.69. The fourth-order valence-electron chi connectivity index (χ4n) is 1.41. The quantitative estimate of drug-likeness (QED) is 0.638. The number of aromatic amines is 1. The number of aromatic nitrogens is 2. The van der Waals surface area contributed by atoms with Crippen LogP contribution in [0.1, 0.15) is 17.3 Å². The normalized spacial score (nSPS) is 22.1. The number of hydrogen-bond donors (Lipinski definition) is 2. The molecule has 4 nitrogen and oxygen atoms in total. The third-order valence-electron chi connectivity index (χ3n) is 1.99. The van der Waals surface area contributed by atoms with Gasteiger partial charge < -0.3 is 10.1 Å². The van der Waals surface area contributed by atoms with E-state index in [0.717, 1.165) is 6.54 Å². The van der Waals surface area contributed by atoms with Crippen molar-refractivity contribution in [2.45, 2.75) is 12.6 Å². The molecule has 1 aliphatic rings. The van der Waals surface area contributed by atoms with E-state index in [9.17, 15) is 0 Å². The molecule has 1 aromatic rings. The third kappa shape index (κ3) is 1.04. The van der Waals surface area contributed by atoms with Gasteiger partial charge >= 0.3 is 0 Å². The van der Waals surface area contributed by atoms with Gasteiger partial charge in [-0.15, -0.1) is 0 Å². The van der Waals surface area contributed by atoms with Gasteiger partial charge in [-0.1, -0.05) is 0 Å². The largest absolute Gasteiger partial charge is 0.383 e. The molecule has 2 rings (SSSR count). The van der Waals surface area contributed by atoms with Crippen LogP contribution in [-0.2, 0) is 11.3 Å². The van der Waals surface area contributed by atoms with E-state index in [0.29, 0.717) is 12.6 Å².